The van der Waals surface area contributed by atoms with Crippen LogP contribution in [0, 0.1) is 0 Å². The van der Waals surface area contributed by atoms with Gasteiger partial charge in [0, 0.05) is 5.56 Å². The summed E-state index contributed by atoms with van der Waals surface area (Å²) in [6.07, 6.45) is 0. The van der Waals surface area contributed by atoms with Crippen molar-refractivity contribution in [2.45, 2.75) is 6.61 Å². The molecule has 1 aromatic heterocycles. The highest BCUT2D eigenvalue weighted by Gasteiger charge is 2.16. The molecular formula is C22H16ClNO4S. The lowest BCUT2D eigenvalue weighted by atomic mass is 10.1. The summed E-state index contributed by atoms with van der Waals surface area (Å²) < 4.78 is 12.4. The van der Waals surface area contributed by atoms with Crippen LogP contribution in [0.25, 0.3) is 20.8 Å². The number of rotatable bonds is 6. The predicted molar refractivity (Wildman–Crippen MR) is 114 cm³/mol. The zero-order chi connectivity index (χ0) is 20.4. The minimum absolute atomic E-state index is 0.164. The lowest BCUT2D eigenvalue weighted by Gasteiger charge is -2.14. The van der Waals surface area contributed by atoms with E-state index >= 15 is 0 Å². The van der Waals surface area contributed by atoms with Crippen LogP contribution in [0.5, 0.6) is 11.5 Å². The Kier molecular flexibility index (Phi) is 5.38. The maximum atomic E-state index is 11.1. The van der Waals surface area contributed by atoms with Crippen molar-refractivity contribution in [1.29, 1.82) is 0 Å². The second-order valence-corrected chi connectivity index (χ2v) is 7.71. The fraction of sp³-hybridized carbons (Fsp3) is 0.0909. The second kappa shape index (κ2) is 8.11. The minimum Gasteiger partial charge on any atom is -0.493 e. The van der Waals surface area contributed by atoms with Gasteiger partial charge < -0.3 is 14.6 Å². The van der Waals surface area contributed by atoms with Gasteiger partial charge in [-0.2, -0.15) is 0 Å². The highest BCUT2D eigenvalue weighted by Crippen LogP contribution is 2.41. The maximum Gasteiger partial charge on any atom is 0.335 e. The molecule has 4 aromatic rings. The number of carboxylic acid groups (broad SMARTS) is 1. The second-order valence-electron chi connectivity index (χ2n) is 6.27. The van der Waals surface area contributed by atoms with Crippen LogP contribution in [0.15, 0.2) is 60.7 Å². The van der Waals surface area contributed by atoms with Crippen LogP contribution in [0.3, 0.4) is 0 Å². The molecule has 0 radical (unpaired) electrons. The van der Waals surface area contributed by atoms with Gasteiger partial charge in [-0.1, -0.05) is 35.9 Å². The SMILES string of the molecule is COc1cc(-c2nc3ccccc3s2)cc(Cl)c1OCc1cccc(C(=O)O)c1. The Labute approximate surface area is 176 Å². The number of carboxylic acids is 1. The summed E-state index contributed by atoms with van der Waals surface area (Å²) in [6, 6.07) is 18.1. The number of hydrogen-bond acceptors (Lipinski definition) is 5. The number of fused-ring (bicyclic) bond motifs is 1. The Morgan fingerprint density at radius 2 is 1.97 bits per heavy atom. The average molecular weight is 426 g/mol. The number of aromatic nitrogens is 1. The van der Waals surface area contributed by atoms with Crippen molar-refractivity contribution in [2.75, 3.05) is 7.11 Å². The molecule has 29 heavy (non-hydrogen) atoms. The van der Waals surface area contributed by atoms with E-state index in [-0.39, 0.29) is 12.2 Å². The number of thiazole rings is 1. The first-order valence-electron chi connectivity index (χ1n) is 8.73. The standard InChI is InChI=1S/C22H16ClNO4S/c1-27-18-11-15(21-24-17-7-2-3-8-19(17)29-21)10-16(23)20(18)28-12-13-5-4-6-14(9-13)22(25)26/h2-11H,12H2,1H3,(H,25,26). The van der Waals surface area contributed by atoms with Crippen LogP contribution in [-0.4, -0.2) is 23.2 Å². The Morgan fingerprint density at radius 3 is 2.72 bits per heavy atom. The predicted octanol–water partition coefficient (Wildman–Crippen LogP) is 5.90. The van der Waals surface area contributed by atoms with Gasteiger partial charge in [-0.05, 0) is 42.0 Å². The van der Waals surface area contributed by atoms with Crippen molar-refractivity contribution in [3.05, 3.63) is 76.8 Å². The molecule has 0 aliphatic heterocycles. The summed E-state index contributed by atoms with van der Waals surface area (Å²) >= 11 is 8.06. The molecule has 1 heterocycles. The molecule has 5 nitrogen and oxygen atoms in total. The highest BCUT2D eigenvalue weighted by molar-refractivity contribution is 7.21. The Morgan fingerprint density at radius 1 is 1.14 bits per heavy atom. The fourth-order valence-corrected chi connectivity index (χ4v) is 4.15. The number of methoxy groups -OCH3 is 1. The number of benzene rings is 3. The number of nitrogens with zero attached hydrogens (tertiary/aromatic N) is 1. The zero-order valence-electron chi connectivity index (χ0n) is 15.4. The monoisotopic (exact) mass is 425 g/mol. The van der Waals surface area contributed by atoms with Gasteiger partial charge in [0.05, 0.1) is 27.9 Å². The smallest absolute Gasteiger partial charge is 0.335 e. The number of halogens is 1. The van der Waals surface area contributed by atoms with E-state index in [1.165, 1.54) is 6.07 Å². The first-order chi connectivity index (χ1) is 14.0. The summed E-state index contributed by atoms with van der Waals surface area (Å²) in [5.74, 6) is -0.0939. The molecule has 0 aliphatic rings. The fourth-order valence-electron chi connectivity index (χ4n) is 2.93. The van der Waals surface area contributed by atoms with Gasteiger partial charge in [0.25, 0.3) is 0 Å². The summed E-state index contributed by atoms with van der Waals surface area (Å²) in [7, 11) is 1.55. The molecule has 0 fully saturated rings. The van der Waals surface area contributed by atoms with Crippen LogP contribution in [-0.2, 0) is 6.61 Å². The molecule has 0 atom stereocenters. The van der Waals surface area contributed by atoms with E-state index in [0.717, 1.165) is 26.4 Å². The van der Waals surface area contributed by atoms with Crippen molar-refractivity contribution >= 4 is 39.1 Å². The third kappa shape index (κ3) is 4.04. The van der Waals surface area contributed by atoms with Crippen molar-refractivity contribution in [3.8, 4) is 22.1 Å². The molecule has 3 aromatic carbocycles. The van der Waals surface area contributed by atoms with Gasteiger partial charge in [-0.25, -0.2) is 9.78 Å². The molecule has 1 N–H and O–H groups in total. The largest absolute Gasteiger partial charge is 0.493 e. The Bertz CT molecular complexity index is 1170. The molecule has 7 heteroatoms. The molecule has 0 saturated carbocycles. The minimum atomic E-state index is -0.984. The molecule has 0 bridgehead atoms. The van der Waals surface area contributed by atoms with E-state index in [4.69, 9.17) is 26.2 Å². The molecule has 0 spiro atoms. The number of hydrogen-bond donors (Lipinski definition) is 1. The van der Waals surface area contributed by atoms with Crippen molar-refractivity contribution in [3.63, 3.8) is 0 Å². The van der Waals surface area contributed by atoms with Crippen LogP contribution in [0.4, 0.5) is 0 Å². The van der Waals surface area contributed by atoms with E-state index in [2.05, 4.69) is 4.98 Å². The van der Waals surface area contributed by atoms with Gasteiger partial charge in [-0.15, -0.1) is 11.3 Å². The van der Waals surface area contributed by atoms with Gasteiger partial charge in [0.15, 0.2) is 11.5 Å². The summed E-state index contributed by atoms with van der Waals surface area (Å²) in [4.78, 5) is 15.8. The van der Waals surface area contributed by atoms with E-state index in [1.807, 2.05) is 30.3 Å². The molecule has 0 aliphatic carbocycles. The highest BCUT2D eigenvalue weighted by atomic mass is 35.5. The Hall–Kier alpha value is -3.09. The quantitative estimate of drug-likeness (QED) is 0.416. The topological polar surface area (TPSA) is 68.7 Å². The molecule has 0 amide bonds. The molecule has 146 valence electrons. The molecule has 0 saturated heterocycles. The first-order valence-corrected chi connectivity index (χ1v) is 9.93. The number of ether oxygens (including phenoxy) is 2. The van der Waals surface area contributed by atoms with E-state index in [1.54, 1.807) is 42.7 Å². The lowest BCUT2D eigenvalue weighted by molar-refractivity contribution is 0.0696. The van der Waals surface area contributed by atoms with Gasteiger partial charge in [0.1, 0.15) is 11.6 Å². The third-order valence-corrected chi connectivity index (χ3v) is 5.69. The van der Waals surface area contributed by atoms with E-state index in [9.17, 15) is 4.79 Å². The van der Waals surface area contributed by atoms with Crippen LogP contribution in [0.1, 0.15) is 15.9 Å². The number of aromatic carboxylic acids is 1. The zero-order valence-corrected chi connectivity index (χ0v) is 17.0. The number of carbonyl (C=O) groups is 1. The molecule has 0 unspecified atom stereocenters. The average Bonchev–Trinajstić information content (AvgIpc) is 3.17. The van der Waals surface area contributed by atoms with Gasteiger partial charge in [-0.3, -0.25) is 0 Å². The normalized spacial score (nSPS) is 10.8. The number of para-hydroxylation sites is 1. The van der Waals surface area contributed by atoms with Crippen LogP contribution < -0.4 is 9.47 Å². The molecule has 4 rings (SSSR count). The van der Waals surface area contributed by atoms with Crippen LogP contribution in [0.2, 0.25) is 5.02 Å². The maximum absolute atomic E-state index is 11.1. The summed E-state index contributed by atoms with van der Waals surface area (Å²) in [6.45, 7) is 0.164. The third-order valence-electron chi connectivity index (χ3n) is 4.33. The lowest BCUT2D eigenvalue weighted by Crippen LogP contribution is -2.01. The van der Waals surface area contributed by atoms with Crippen molar-refractivity contribution < 1.29 is 19.4 Å². The van der Waals surface area contributed by atoms with Crippen LogP contribution >= 0.6 is 22.9 Å². The van der Waals surface area contributed by atoms with Crippen molar-refractivity contribution in [1.82, 2.24) is 4.98 Å². The van der Waals surface area contributed by atoms with Gasteiger partial charge >= 0.3 is 5.97 Å². The summed E-state index contributed by atoms with van der Waals surface area (Å²) in [5.41, 5.74) is 2.70. The molecular weight excluding hydrogens is 410 g/mol. The first kappa shape index (κ1) is 19.2. The van der Waals surface area contributed by atoms with E-state index in [0.29, 0.717) is 16.5 Å². The van der Waals surface area contributed by atoms with Gasteiger partial charge in [0.2, 0.25) is 0 Å². The van der Waals surface area contributed by atoms with Crippen molar-refractivity contribution in [2.24, 2.45) is 0 Å². The van der Waals surface area contributed by atoms with E-state index < -0.39 is 5.97 Å². The summed E-state index contributed by atoms with van der Waals surface area (Å²) in [5, 5.41) is 10.4. The Balaban J connectivity index is 1.63.